The fraction of sp³-hybridized carbons (Fsp3) is 0.556. The van der Waals surface area contributed by atoms with E-state index in [9.17, 15) is 0 Å². The van der Waals surface area contributed by atoms with Crippen LogP contribution in [-0.2, 0) is 0 Å². The molecule has 0 saturated heterocycles. The number of hydrogen-bond acceptors (Lipinski definition) is 2. The van der Waals surface area contributed by atoms with Crippen LogP contribution in [-0.4, -0.2) is 17.0 Å². The Balaban J connectivity index is 1.51. The zero-order valence-corrected chi connectivity index (χ0v) is 20.6. The molecule has 3 aliphatic rings. The lowest BCUT2D eigenvalue weighted by atomic mass is 9.99. The van der Waals surface area contributed by atoms with Gasteiger partial charge in [-0.1, -0.05) is 65.5 Å². The highest BCUT2D eigenvalue weighted by molar-refractivity contribution is 7.76. The van der Waals surface area contributed by atoms with Crippen LogP contribution in [0.25, 0.3) is 0 Å². The molecule has 5 rings (SSSR count). The summed E-state index contributed by atoms with van der Waals surface area (Å²) in [6.45, 7) is 2.58. The third-order valence-corrected chi connectivity index (χ3v) is 13.8. The molecule has 0 amide bonds. The maximum absolute atomic E-state index is 5.97. The first-order valence-corrected chi connectivity index (χ1v) is 15.3. The monoisotopic (exact) mass is 454 g/mol. The molecule has 2 saturated carbocycles. The average Bonchev–Trinajstić information content (AvgIpc) is 3.60. The number of furan rings is 2. The molecular formula is C27H36O2P2. The molecule has 0 spiro atoms. The summed E-state index contributed by atoms with van der Waals surface area (Å²) in [4.78, 5) is 0. The Morgan fingerprint density at radius 3 is 1.84 bits per heavy atom. The van der Waals surface area contributed by atoms with E-state index in [1.54, 1.807) is 10.9 Å². The van der Waals surface area contributed by atoms with Crippen molar-refractivity contribution in [1.82, 2.24) is 0 Å². The molecule has 1 atom stereocenters. The highest BCUT2D eigenvalue weighted by Crippen LogP contribution is 2.63. The van der Waals surface area contributed by atoms with Crippen molar-refractivity contribution >= 4 is 26.8 Å². The van der Waals surface area contributed by atoms with Gasteiger partial charge in [0, 0.05) is 5.66 Å². The Morgan fingerprint density at radius 2 is 1.35 bits per heavy atom. The fourth-order valence-electron chi connectivity index (χ4n) is 6.13. The minimum atomic E-state index is -0.715. The van der Waals surface area contributed by atoms with Crippen LogP contribution in [0.3, 0.4) is 0 Å². The summed E-state index contributed by atoms with van der Waals surface area (Å²) in [5.41, 5.74) is 6.41. The molecule has 0 radical (unpaired) electrons. The smallest absolute Gasteiger partial charge is 0.137 e. The minimum absolute atomic E-state index is 0.00447. The Hall–Kier alpha value is -1.10. The summed E-state index contributed by atoms with van der Waals surface area (Å²) >= 11 is 0. The van der Waals surface area contributed by atoms with E-state index in [0.717, 1.165) is 28.7 Å². The van der Waals surface area contributed by atoms with Crippen LogP contribution in [0.5, 0.6) is 0 Å². The molecule has 0 aromatic carbocycles. The quantitative estimate of drug-likeness (QED) is 0.396. The van der Waals surface area contributed by atoms with Crippen LogP contribution in [0.4, 0.5) is 0 Å². The van der Waals surface area contributed by atoms with Crippen LogP contribution >= 0.6 is 15.8 Å². The van der Waals surface area contributed by atoms with Gasteiger partial charge >= 0.3 is 0 Å². The van der Waals surface area contributed by atoms with Gasteiger partial charge in [0.2, 0.25) is 0 Å². The lowest BCUT2D eigenvalue weighted by molar-refractivity contribution is 0.482. The molecule has 2 aromatic heterocycles. The van der Waals surface area contributed by atoms with Gasteiger partial charge in [-0.05, 0) is 78.6 Å². The first-order valence-electron chi connectivity index (χ1n) is 12.4. The lowest BCUT2D eigenvalue weighted by Gasteiger charge is -2.42. The SMILES string of the molecule is CC(C1=C(P(c2ccco2)c2ccco2)CC=C1)P(C1CCCCC1)C1CCCCC1. The van der Waals surface area contributed by atoms with Crippen molar-refractivity contribution in [1.29, 1.82) is 0 Å². The van der Waals surface area contributed by atoms with Crippen LogP contribution in [0, 0.1) is 0 Å². The van der Waals surface area contributed by atoms with E-state index >= 15 is 0 Å². The molecule has 0 aliphatic heterocycles. The van der Waals surface area contributed by atoms with Crippen LogP contribution in [0.15, 0.2) is 68.7 Å². The van der Waals surface area contributed by atoms with Gasteiger partial charge in [-0.25, -0.2) is 0 Å². The summed E-state index contributed by atoms with van der Waals surface area (Å²) in [6.07, 6.45) is 24.2. The second-order valence-electron chi connectivity index (χ2n) is 9.45. The second-order valence-corrected chi connectivity index (χ2v) is 14.7. The predicted octanol–water partition coefficient (Wildman–Crippen LogP) is 8.06. The van der Waals surface area contributed by atoms with Crippen LogP contribution < -0.4 is 11.0 Å². The maximum atomic E-state index is 5.97. The highest BCUT2D eigenvalue weighted by Gasteiger charge is 2.38. The Bertz CT molecular complexity index is 816. The molecule has 2 heterocycles. The Labute approximate surface area is 190 Å². The molecule has 166 valence electrons. The third kappa shape index (κ3) is 4.67. The Kier molecular flexibility index (Phi) is 7.17. The first-order chi connectivity index (χ1) is 15.3. The number of rotatable bonds is 7. The lowest BCUT2D eigenvalue weighted by Crippen LogP contribution is -2.26. The van der Waals surface area contributed by atoms with Crippen molar-refractivity contribution in [2.24, 2.45) is 0 Å². The zero-order valence-electron chi connectivity index (χ0n) is 18.8. The van der Waals surface area contributed by atoms with E-state index in [1.807, 2.05) is 24.7 Å². The molecule has 2 nitrogen and oxygen atoms in total. The molecule has 1 unspecified atom stereocenters. The van der Waals surface area contributed by atoms with Gasteiger partial charge in [0.05, 0.1) is 20.4 Å². The van der Waals surface area contributed by atoms with Gasteiger partial charge in [0.1, 0.15) is 11.0 Å². The molecule has 31 heavy (non-hydrogen) atoms. The van der Waals surface area contributed by atoms with Gasteiger partial charge in [-0.15, -0.1) is 0 Å². The summed E-state index contributed by atoms with van der Waals surface area (Å²) in [5, 5.41) is 1.58. The van der Waals surface area contributed by atoms with Gasteiger partial charge in [0.15, 0.2) is 0 Å². The zero-order chi connectivity index (χ0) is 21.0. The fourth-order valence-corrected chi connectivity index (χ4v) is 12.9. The molecule has 3 aliphatic carbocycles. The number of hydrogen-bond donors (Lipinski definition) is 0. The van der Waals surface area contributed by atoms with E-state index in [-0.39, 0.29) is 7.92 Å². The maximum Gasteiger partial charge on any atom is 0.137 e. The normalized spacial score (nSPS) is 22.2. The van der Waals surface area contributed by atoms with Crippen molar-refractivity contribution in [3.63, 3.8) is 0 Å². The third-order valence-electron chi connectivity index (χ3n) is 7.55. The van der Waals surface area contributed by atoms with Gasteiger partial charge in [-0.2, -0.15) is 0 Å². The Morgan fingerprint density at radius 1 is 0.806 bits per heavy atom. The molecule has 2 aromatic rings. The standard InChI is InChI=1S/C27H36O2P2/c1-21(30(22-11-4-2-5-12-22)23-13-6-3-7-14-23)24-15-8-16-25(24)31(26-17-9-19-28-26)27-18-10-20-29-27/h8-10,15,17-23H,2-7,11-14,16H2,1H3. The number of allylic oxidation sites excluding steroid dienone is 4. The summed E-state index contributed by atoms with van der Waals surface area (Å²) < 4.78 is 11.9. The summed E-state index contributed by atoms with van der Waals surface area (Å²) in [7, 11) is -0.711. The van der Waals surface area contributed by atoms with Crippen LogP contribution in [0.2, 0.25) is 0 Å². The van der Waals surface area contributed by atoms with Crippen LogP contribution in [0.1, 0.15) is 77.6 Å². The molecular weight excluding hydrogens is 418 g/mol. The summed E-state index contributed by atoms with van der Waals surface area (Å²) in [6, 6.07) is 8.34. The van der Waals surface area contributed by atoms with Crippen molar-refractivity contribution in [3.05, 3.63) is 59.8 Å². The second kappa shape index (κ2) is 10.2. The van der Waals surface area contributed by atoms with Gasteiger partial charge in [0.25, 0.3) is 0 Å². The van der Waals surface area contributed by atoms with E-state index in [0.29, 0.717) is 5.66 Å². The summed E-state index contributed by atoms with van der Waals surface area (Å²) in [5.74, 6) is 0. The van der Waals surface area contributed by atoms with Crippen molar-refractivity contribution in [3.8, 4) is 0 Å². The largest absolute Gasteiger partial charge is 0.464 e. The topological polar surface area (TPSA) is 26.3 Å². The van der Waals surface area contributed by atoms with Crippen molar-refractivity contribution < 1.29 is 8.83 Å². The van der Waals surface area contributed by atoms with E-state index in [4.69, 9.17) is 8.83 Å². The molecule has 2 fully saturated rings. The molecule has 0 N–H and O–H groups in total. The first kappa shape index (κ1) is 21.7. The van der Waals surface area contributed by atoms with E-state index in [1.165, 1.54) is 64.2 Å². The molecule has 0 bridgehead atoms. The predicted molar refractivity (Wildman–Crippen MR) is 135 cm³/mol. The van der Waals surface area contributed by atoms with Gasteiger partial charge < -0.3 is 8.83 Å². The molecule has 4 heteroatoms. The van der Waals surface area contributed by atoms with Gasteiger partial charge in [-0.3, -0.25) is 0 Å². The van der Waals surface area contributed by atoms with E-state index in [2.05, 4.69) is 31.2 Å². The van der Waals surface area contributed by atoms with Crippen molar-refractivity contribution in [2.45, 2.75) is 94.5 Å². The van der Waals surface area contributed by atoms with Crippen molar-refractivity contribution in [2.75, 3.05) is 0 Å². The average molecular weight is 455 g/mol. The van der Waals surface area contributed by atoms with E-state index < -0.39 is 7.92 Å². The minimum Gasteiger partial charge on any atom is -0.464 e. The highest BCUT2D eigenvalue weighted by atomic mass is 31.1.